The van der Waals surface area contributed by atoms with Gasteiger partial charge in [0.1, 0.15) is 12.4 Å². The van der Waals surface area contributed by atoms with E-state index in [9.17, 15) is 4.79 Å². The van der Waals surface area contributed by atoms with Gasteiger partial charge in [-0.2, -0.15) is 0 Å². The maximum absolute atomic E-state index is 12.5. The molecule has 1 amide bonds. The fraction of sp³-hybridized carbons (Fsp3) is 0.217. The van der Waals surface area contributed by atoms with Gasteiger partial charge in [0.05, 0.1) is 23.8 Å². The lowest BCUT2D eigenvalue weighted by Crippen LogP contribution is -2.19. The number of hydrogen-bond acceptors (Lipinski definition) is 6. The monoisotopic (exact) mass is 502 g/mol. The van der Waals surface area contributed by atoms with Crippen LogP contribution in [0.5, 0.6) is 17.2 Å². The molecule has 0 unspecified atom stereocenters. The number of nitrogens with one attached hydrogen (secondary N) is 1. The van der Waals surface area contributed by atoms with E-state index in [1.54, 1.807) is 12.2 Å². The molecule has 162 valence electrons. The third kappa shape index (κ3) is 6.15. The minimum atomic E-state index is -0.202. The van der Waals surface area contributed by atoms with Gasteiger partial charge in [-0.05, 0) is 73.6 Å². The van der Waals surface area contributed by atoms with Crippen molar-refractivity contribution in [3.05, 3.63) is 64.0 Å². The van der Waals surface area contributed by atoms with Crippen LogP contribution in [0.2, 0.25) is 0 Å². The summed E-state index contributed by atoms with van der Waals surface area (Å²) >= 11 is 4.83. The maximum Gasteiger partial charge on any atom is 0.264 e. The molecule has 0 saturated carbocycles. The van der Waals surface area contributed by atoms with E-state index in [0.29, 0.717) is 41.4 Å². The number of hydrogen-bond donors (Lipinski definition) is 1. The molecule has 1 heterocycles. The number of rotatable bonds is 9. The van der Waals surface area contributed by atoms with E-state index >= 15 is 0 Å². The SMILES string of the molecule is C=CCOc1cc(Br)c(/C=C2/SC(=Nc3ccc(OCC)cc3)NC2=O)cc1OCC. The van der Waals surface area contributed by atoms with Crippen LogP contribution in [-0.4, -0.2) is 30.9 Å². The number of thioether (sulfide) groups is 1. The molecule has 8 heteroatoms. The molecule has 6 nitrogen and oxygen atoms in total. The molecule has 1 saturated heterocycles. The first-order valence-electron chi connectivity index (χ1n) is 9.76. The topological polar surface area (TPSA) is 69.2 Å². The number of benzene rings is 2. The zero-order chi connectivity index (χ0) is 22.2. The van der Waals surface area contributed by atoms with E-state index in [1.165, 1.54) is 11.8 Å². The van der Waals surface area contributed by atoms with Crippen molar-refractivity contribution < 1.29 is 19.0 Å². The summed E-state index contributed by atoms with van der Waals surface area (Å²) in [5.41, 5.74) is 1.53. The van der Waals surface area contributed by atoms with E-state index in [1.807, 2.05) is 50.2 Å². The molecule has 1 fully saturated rings. The van der Waals surface area contributed by atoms with Gasteiger partial charge in [-0.15, -0.1) is 0 Å². The average Bonchev–Trinajstić information content (AvgIpc) is 3.09. The molecule has 1 N–H and O–H groups in total. The fourth-order valence-corrected chi connectivity index (χ4v) is 3.98. The molecule has 0 bridgehead atoms. The van der Waals surface area contributed by atoms with Crippen LogP contribution in [0, 0.1) is 0 Å². The summed E-state index contributed by atoms with van der Waals surface area (Å²) in [7, 11) is 0. The highest BCUT2D eigenvalue weighted by Gasteiger charge is 2.24. The highest BCUT2D eigenvalue weighted by Crippen LogP contribution is 2.37. The van der Waals surface area contributed by atoms with E-state index in [0.717, 1.165) is 21.5 Å². The number of aliphatic imine (C=N–C) groups is 1. The number of amides is 1. The van der Waals surface area contributed by atoms with Gasteiger partial charge >= 0.3 is 0 Å². The first-order valence-corrected chi connectivity index (χ1v) is 11.4. The molecule has 2 aromatic carbocycles. The number of carbonyl (C=O) groups excluding carboxylic acids is 1. The van der Waals surface area contributed by atoms with Crippen LogP contribution < -0.4 is 19.5 Å². The zero-order valence-corrected chi connectivity index (χ0v) is 19.7. The summed E-state index contributed by atoms with van der Waals surface area (Å²) in [5, 5.41) is 3.32. The predicted octanol–water partition coefficient (Wildman–Crippen LogP) is 5.70. The predicted molar refractivity (Wildman–Crippen MR) is 129 cm³/mol. The molecule has 31 heavy (non-hydrogen) atoms. The van der Waals surface area contributed by atoms with E-state index in [-0.39, 0.29) is 5.91 Å². The van der Waals surface area contributed by atoms with Gasteiger partial charge in [-0.25, -0.2) is 4.99 Å². The van der Waals surface area contributed by atoms with Gasteiger partial charge in [0, 0.05) is 4.47 Å². The summed E-state index contributed by atoms with van der Waals surface area (Å²) in [6.45, 7) is 8.98. The second-order valence-corrected chi connectivity index (χ2v) is 8.15. The molecule has 0 spiro atoms. The highest BCUT2D eigenvalue weighted by molar-refractivity contribution is 9.10. The normalized spacial score (nSPS) is 15.8. The van der Waals surface area contributed by atoms with Gasteiger partial charge in [-0.1, -0.05) is 28.6 Å². The Bertz CT molecular complexity index is 1020. The maximum atomic E-state index is 12.5. The Morgan fingerprint density at radius 2 is 1.81 bits per heavy atom. The lowest BCUT2D eigenvalue weighted by Gasteiger charge is -2.13. The lowest BCUT2D eigenvalue weighted by molar-refractivity contribution is -0.115. The minimum Gasteiger partial charge on any atom is -0.494 e. The summed E-state index contributed by atoms with van der Waals surface area (Å²) in [6.07, 6.45) is 3.47. The summed E-state index contributed by atoms with van der Waals surface area (Å²) in [6, 6.07) is 11.1. The van der Waals surface area contributed by atoms with Crippen LogP contribution in [0.1, 0.15) is 19.4 Å². The standard InChI is InChI=1S/C23H23BrN2O4S/c1-4-11-30-20-14-18(24)15(12-19(20)29-6-3)13-21-22(27)26-23(31-21)25-16-7-9-17(10-8-16)28-5-2/h4,7-10,12-14H,1,5-6,11H2,2-3H3,(H,25,26,27)/b21-13+. The number of halogens is 1. The van der Waals surface area contributed by atoms with Crippen molar-refractivity contribution in [2.75, 3.05) is 19.8 Å². The van der Waals surface area contributed by atoms with Crippen LogP contribution in [-0.2, 0) is 4.79 Å². The van der Waals surface area contributed by atoms with Crippen LogP contribution >= 0.6 is 27.7 Å². The van der Waals surface area contributed by atoms with Crippen molar-refractivity contribution in [2.45, 2.75) is 13.8 Å². The first kappa shape index (κ1) is 23.0. The molecule has 0 atom stereocenters. The zero-order valence-electron chi connectivity index (χ0n) is 17.3. The van der Waals surface area contributed by atoms with E-state index in [2.05, 4.69) is 32.8 Å². The van der Waals surface area contributed by atoms with E-state index in [4.69, 9.17) is 14.2 Å². The van der Waals surface area contributed by atoms with E-state index < -0.39 is 0 Å². The smallest absolute Gasteiger partial charge is 0.264 e. The highest BCUT2D eigenvalue weighted by atomic mass is 79.9. The Balaban J connectivity index is 1.82. The van der Waals surface area contributed by atoms with Gasteiger partial charge in [0.25, 0.3) is 5.91 Å². The summed E-state index contributed by atoms with van der Waals surface area (Å²) < 4.78 is 17.6. The Morgan fingerprint density at radius 1 is 1.10 bits per heavy atom. The lowest BCUT2D eigenvalue weighted by atomic mass is 10.2. The molecule has 0 aliphatic carbocycles. The Kier molecular flexibility index (Phi) is 8.20. The Labute approximate surface area is 194 Å². The fourth-order valence-electron chi connectivity index (χ4n) is 2.71. The number of amidine groups is 1. The van der Waals surface area contributed by atoms with Crippen molar-refractivity contribution in [3.63, 3.8) is 0 Å². The van der Waals surface area contributed by atoms with Crippen molar-refractivity contribution in [1.82, 2.24) is 5.32 Å². The van der Waals surface area contributed by atoms with Crippen molar-refractivity contribution >= 4 is 50.5 Å². The third-order valence-electron chi connectivity index (χ3n) is 4.04. The van der Waals surface area contributed by atoms with Crippen molar-refractivity contribution in [2.24, 2.45) is 4.99 Å². The van der Waals surface area contributed by atoms with Gasteiger partial charge in [0.2, 0.25) is 0 Å². The van der Waals surface area contributed by atoms with Crippen molar-refractivity contribution in [1.29, 1.82) is 0 Å². The summed E-state index contributed by atoms with van der Waals surface area (Å²) in [5.74, 6) is 1.79. The molecule has 3 rings (SSSR count). The number of carbonyl (C=O) groups is 1. The summed E-state index contributed by atoms with van der Waals surface area (Å²) in [4.78, 5) is 17.5. The largest absolute Gasteiger partial charge is 0.494 e. The number of ether oxygens (including phenoxy) is 3. The molecule has 1 aliphatic heterocycles. The molecular weight excluding hydrogens is 480 g/mol. The molecule has 0 aromatic heterocycles. The molecular formula is C23H23BrN2O4S. The Hall–Kier alpha value is -2.71. The van der Waals surface area contributed by atoms with Crippen LogP contribution in [0.4, 0.5) is 5.69 Å². The molecule has 1 aliphatic rings. The quantitative estimate of drug-likeness (QED) is 0.351. The second kappa shape index (κ2) is 11.1. The van der Waals surface area contributed by atoms with Gasteiger partial charge in [-0.3, -0.25) is 4.79 Å². The van der Waals surface area contributed by atoms with Crippen LogP contribution in [0.15, 0.2) is 63.4 Å². The van der Waals surface area contributed by atoms with Crippen LogP contribution in [0.3, 0.4) is 0 Å². The first-order chi connectivity index (χ1) is 15.0. The van der Waals surface area contributed by atoms with Crippen molar-refractivity contribution in [3.8, 4) is 17.2 Å². The van der Waals surface area contributed by atoms with Gasteiger partial charge < -0.3 is 19.5 Å². The number of nitrogens with zero attached hydrogens (tertiary/aromatic N) is 1. The minimum absolute atomic E-state index is 0.202. The average molecular weight is 503 g/mol. The molecule has 0 radical (unpaired) electrons. The van der Waals surface area contributed by atoms with Crippen LogP contribution in [0.25, 0.3) is 6.08 Å². The van der Waals surface area contributed by atoms with Gasteiger partial charge in [0.15, 0.2) is 16.7 Å². The second-order valence-electron chi connectivity index (χ2n) is 6.26. The molecule has 2 aromatic rings. The third-order valence-corrected chi connectivity index (χ3v) is 5.63. The Morgan fingerprint density at radius 3 is 2.48 bits per heavy atom.